The van der Waals surface area contributed by atoms with Gasteiger partial charge in [0.2, 0.25) is 11.7 Å². The molecule has 36 heavy (non-hydrogen) atoms. The summed E-state index contributed by atoms with van der Waals surface area (Å²) in [6.45, 7) is 6.80. The first-order valence-corrected chi connectivity index (χ1v) is 12.6. The molecule has 0 radical (unpaired) electrons. The minimum Gasteiger partial charge on any atom is -0.493 e. The van der Waals surface area contributed by atoms with E-state index in [0.29, 0.717) is 23.8 Å². The maximum absolute atomic E-state index is 12.6. The Bertz CT molecular complexity index is 1200. The molecule has 0 unspecified atom stereocenters. The molecule has 7 heteroatoms. The minimum atomic E-state index is -0.147. The minimum absolute atomic E-state index is 0.147. The van der Waals surface area contributed by atoms with Gasteiger partial charge in [-0.3, -0.25) is 9.69 Å². The Morgan fingerprint density at radius 3 is 2.36 bits per heavy atom. The molecule has 2 heterocycles. The van der Waals surface area contributed by atoms with Crippen LogP contribution in [0.2, 0.25) is 0 Å². The van der Waals surface area contributed by atoms with Crippen molar-refractivity contribution in [3.05, 3.63) is 59.3 Å². The van der Waals surface area contributed by atoms with Gasteiger partial charge in [0.15, 0.2) is 11.5 Å². The number of piperidine rings is 1. The molecule has 1 saturated heterocycles. The van der Waals surface area contributed by atoms with E-state index in [2.05, 4.69) is 46.0 Å². The Hall–Kier alpha value is -3.45. The largest absolute Gasteiger partial charge is 0.493 e. The van der Waals surface area contributed by atoms with Gasteiger partial charge in [0.05, 0.1) is 21.3 Å². The summed E-state index contributed by atoms with van der Waals surface area (Å²) >= 11 is 0. The third-order valence-electron chi connectivity index (χ3n) is 6.94. The van der Waals surface area contributed by atoms with E-state index in [1.54, 1.807) is 27.4 Å². The zero-order valence-corrected chi connectivity index (χ0v) is 21.8. The highest BCUT2D eigenvalue weighted by Crippen LogP contribution is 2.38. The van der Waals surface area contributed by atoms with Crippen molar-refractivity contribution in [3.8, 4) is 17.2 Å². The molecule has 1 fully saturated rings. The predicted molar refractivity (Wildman–Crippen MR) is 144 cm³/mol. The number of hydrogen-bond donors (Lipinski definition) is 1. The molecule has 0 atom stereocenters. The molecule has 1 aliphatic heterocycles. The highest BCUT2D eigenvalue weighted by atomic mass is 16.5. The number of carbonyl (C=O) groups excluding carboxylic acids is 1. The Kier molecular flexibility index (Phi) is 8.54. The molecule has 1 aromatic heterocycles. The summed E-state index contributed by atoms with van der Waals surface area (Å²) in [4.78, 5) is 15.1. The second-order valence-electron chi connectivity index (χ2n) is 9.15. The van der Waals surface area contributed by atoms with Gasteiger partial charge >= 0.3 is 0 Å². The molecule has 0 spiro atoms. The van der Waals surface area contributed by atoms with Crippen molar-refractivity contribution in [3.63, 3.8) is 0 Å². The fraction of sp³-hybridized carbons (Fsp3) is 0.414. The quantitative estimate of drug-likeness (QED) is 0.413. The number of nitrogens with zero attached hydrogens (tertiary/aromatic N) is 2. The van der Waals surface area contributed by atoms with Crippen LogP contribution in [0.1, 0.15) is 36.1 Å². The van der Waals surface area contributed by atoms with Crippen molar-refractivity contribution < 1.29 is 19.0 Å². The monoisotopic (exact) mass is 491 g/mol. The van der Waals surface area contributed by atoms with E-state index in [1.807, 2.05) is 12.1 Å². The number of carbonyl (C=O) groups is 1. The number of fused-ring (bicyclic) bond motifs is 1. The molecule has 0 aliphatic carbocycles. The van der Waals surface area contributed by atoms with Crippen molar-refractivity contribution in [2.45, 2.75) is 39.3 Å². The third kappa shape index (κ3) is 5.68. The van der Waals surface area contributed by atoms with Gasteiger partial charge in [-0.1, -0.05) is 24.6 Å². The maximum atomic E-state index is 12.6. The molecule has 2 aromatic carbocycles. The molecular weight excluding hydrogens is 454 g/mol. The highest BCUT2D eigenvalue weighted by molar-refractivity contribution is 5.92. The number of nitrogens with one attached hydrogen (secondary N) is 1. The Labute approximate surface area is 213 Å². The van der Waals surface area contributed by atoms with Crippen molar-refractivity contribution in [2.75, 3.05) is 41.0 Å². The van der Waals surface area contributed by atoms with Gasteiger partial charge in [-0.05, 0) is 68.3 Å². The van der Waals surface area contributed by atoms with Gasteiger partial charge in [0.25, 0.3) is 0 Å². The van der Waals surface area contributed by atoms with Crippen molar-refractivity contribution >= 4 is 22.9 Å². The maximum Gasteiger partial charge on any atom is 0.244 e. The molecule has 0 saturated carbocycles. The smallest absolute Gasteiger partial charge is 0.244 e. The van der Waals surface area contributed by atoms with E-state index in [-0.39, 0.29) is 5.91 Å². The van der Waals surface area contributed by atoms with Crippen LogP contribution in [0, 0.1) is 6.92 Å². The van der Waals surface area contributed by atoms with E-state index in [0.717, 1.165) is 18.7 Å². The predicted octanol–water partition coefficient (Wildman–Crippen LogP) is 4.79. The standard InChI is InChI=1S/C29H37N3O4/c1-21-24(20-31-15-8-5-9-16-31)23-10-6-7-11-25(23)32(21)17-14-30-28(33)13-12-22-18-26(34-2)29(36-4)27(19-22)35-3/h6-7,10-13,18-19H,5,8-9,14-17,20H2,1-4H3,(H,30,33)/b13-12+. The molecule has 3 aromatic rings. The first-order valence-electron chi connectivity index (χ1n) is 12.6. The third-order valence-corrected chi connectivity index (χ3v) is 6.94. The summed E-state index contributed by atoms with van der Waals surface area (Å²) in [5.41, 5.74) is 4.70. The van der Waals surface area contributed by atoms with E-state index >= 15 is 0 Å². The van der Waals surface area contributed by atoms with Crippen LogP contribution >= 0.6 is 0 Å². The molecule has 0 bridgehead atoms. The lowest BCUT2D eigenvalue weighted by molar-refractivity contribution is -0.116. The summed E-state index contributed by atoms with van der Waals surface area (Å²) in [5.74, 6) is 1.47. The zero-order valence-electron chi connectivity index (χ0n) is 21.8. The molecule has 7 nitrogen and oxygen atoms in total. The number of likely N-dealkylation sites (tertiary alicyclic amines) is 1. The second-order valence-corrected chi connectivity index (χ2v) is 9.15. The van der Waals surface area contributed by atoms with Gasteiger partial charge in [-0.2, -0.15) is 0 Å². The van der Waals surface area contributed by atoms with E-state index in [4.69, 9.17) is 14.2 Å². The van der Waals surface area contributed by atoms with Crippen molar-refractivity contribution in [2.24, 2.45) is 0 Å². The zero-order chi connectivity index (χ0) is 25.5. The molecule has 192 valence electrons. The van der Waals surface area contributed by atoms with Crippen LogP contribution in [0.3, 0.4) is 0 Å². The first-order chi connectivity index (χ1) is 17.5. The fourth-order valence-electron chi connectivity index (χ4n) is 5.05. The summed E-state index contributed by atoms with van der Waals surface area (Å²) in [7, 11) is 4.71. The Morgan fingerprint density at radius 1 is 1.00 bits per heavy atom. The van der Waals surface area contributed by atoms with Crippen LogP contribution < -0.4 is 19.5 Å². The van der Waals surface area contributed by atoms with Gasteiger partial charge < -0.3 is 24.1 Å². The van der Waals surface area contributed by atoms with Gasteiger partial charge in [-0.15, -0.1) is 0 Å². The van der Waals surface area contributed by atoms with Crippen LogP contribution in [0.25, 0.3) is 17.0 Å². The molecular formula is C29H37N3O4. The molecule has 1 N–H and O–H groups in total. The van der Waals surface area contributed by atoms with Crippen LogP contribution in [0.5, 0.6) is 17.2 Å². The van der Waals surface area contributed by atoms with E-state index in [1.165, 1.54) is 60.6 Å². The van der Waals surface area contributed by atoms with Gasteiger partial charge in [0, 0.05) is 42.3 Å². The molecule has 1 amide bonds. The second kappa shape index (κ2) is 12.0. The number of rotatable bonds is 10. The molecule has 4 rings (SSSR count). The average Bonchev–Trinajstić information content (AvgIpc) is 3.17. The lowest BCUT2D eigenvalue weighted by atomic mass is 10.1. The average molecular weight is 492 g/mol. The summed E-state index contributed by atoms with van der Waals surface area (Å²) in [6, 6.07) is 12.2. The number of para-hydroxylation sites is 1. The first kappa shape index (κ1) is 25.6. The Balaban J connectivity index is 1.42. The van der Waals surface area contributed by atoms with Crippen molar-refractivity contribution in [1.82, 2.24) is 14.8 Å². The summed E-state index contributed by atoms with van der Waals surface area (Å²) < 4.78 is 18.5. The summed E-state index contributed by atoms with van der Waals surface area (Å²) in [6.07, 6.45) is 7.18. The highest BCUT2D eigenvalue weighted by Gasteiger charge is 2.18. The molecule has 1 aliphatic rings. The number of benzene rings is 2. The van der Waals surface area contributed by atoms with Crippen LogP contribution in [0.15, 0.2) is 42.5 Å². The van der Waals surface area contributed by atoms with Gasteiger partial charge in [-0.25, -0.2) is 0 Å². The normalized spacial score (nSPS) is 14.3. The van der Waals surface area contributed by atoms with Crippen LogP contribution in [-0.4, -0.2) is 56.3 Å². The number of amides is 1. The number of aromatic nitrogens is 1. The SMILES string of the molecule is COc1cc(/C=C/C(=O)NCCn2c(C)c(CN3CCCCC3)c3ccccc32)cc(OC)c1OC. The Morgan fingerprint density at radius 2 is 1.69 bits per heavy atom. The van der Waals surface area contributed by atoms with Crippen LogP contribution in [-0.2, 0) is 17.9 Å². The number of methoxy groups -OCH3 is 3. The van der Waals surface area contributed by atoms with Gasteiger partial charge in [0.1, 0.15) is 0 Å². The van der Waals surface area contributed by atoms with Crippen LogP contribution in [0.4, 0.5) is 0 Å². The van der Waals surface area contributed by atoms with E-state index in [9.17, 15) is 4.79 Å². The fourth-order valence-corrected chi connectivity index (χ4v) is 5.05. The lowest BCUT2D eigenvalue weighted by Gasteiger charge is -2.26. The van der Waals surface area contributed by atoms with Crippen molar-refractivity contribution in [1.29, 1.82) is 0 Å². The summed E-state index contributed by atoms with van der Waals surface area (Å²) in [5, 5.41) is 4.33. The topological polar surface area (TPSA) is 65.0 Å². The number of hydrogen-bond acceptors (Lipinski definition) is 5. The van der Waals surface area contributed by atoms with E-state index < -0.39 is 0 Å². The number of ether oxygens (including phenoxy) is 3. The lowest BCUT2D eigenvalue weighted by Crippen LogP contribution is -2.29.